The Hall–Kier alpha value is -3.87. The maximum atomic E-state index is 13.1. The van der Waals surface area contributed by atoms with Gasteiger partial charge in [-0.25, -0.2) is 4.98 Å². The van der Waals surface area contributed by atoms with E-state index < -0.39 is 11.7 Å². The number of pyridine rings is 1. The Labute approximate surface area is 195 Å². The number of alkyl halides is 3. The van der Waals surface area contributed by atoms with Crippen LogP contribution in [-0.4, -0.2) is 24.0 Å². The van der Waals surface area contributed by atoms with Gasteiger partial charge in [0.25, 0.3) is 5.91 Å². The normalized spacial score (nSPS) is 11.4. The number of aromatic nitrogens is 1. The van der Waals surface area contributed by atoms with Gasteiger partial charge in [0.15, 0.2) is 0 Å². The average Bonchev–Trinajstić information content (AvgIpc) is 2.83. The highest BCUT2D eigenvalue weighted by Crippen LogP contribution is 2.30. The summed E-state index contributed by atoms with van der Waals surface area (Å²) in [6.07, 6.45) is -4.11. The topological polar surface area (TPSA) is 51.2 Å². The number of para-hydroxylation sites is 1. The molecule has 1 amide bonds. The van der Waals surface area contributed by atoms with Gasteiger partial charge in [0.05, 0.1) is 28.9 Å². The van der Waals surface area contributed by atoms with Crippen LogP contribution in [0, 0.1) is 0 Å². The zero-order chi connectivity index (χ0) is 24.1. The van der Waals surface area contributed by atoms with Gasteiger partial charge in [0, 0.05) is 17.5 Å². The molecule has 0 aliphatic carbocycles. The van der Waals surface area contributed by atoms with E-state index >= 15 is 0 Å². The van der Waals surface area contributed by atoms with Gasteiger partial charge in [-0.1, -0.05) is 36.4 Å². The van der Waals surface area contributed by atoms with Crippen molar-refractivity contribution in [3.05, 3.63) is 95.6 Å². The number of fused-ring (bicyclic) bond motifs is 1. The molecule has 0 radical (unpaired) electrons. The van der Waals surface area contributed by atoms with Crippen molar-refractivity contribution in [3.8, 4) is 17.0 Å². The Morgan fingerprint density at radius 3 is 2.47 bits per heavy atom. The highest BCUT2D eigenvalue weighted by atomic mass is 19.4. The molecule has 3 aromatic carbocycles. The highest BCUT2D eigenvalue weighted by molar-refractivity contribution is 6.07. The summed E-state index contributed by atoms with van der Waals surface area (Å²) in [5, 5.41) is 3.54. The molecule has 7 heteroatoms. The monoisotopic (exact) mass is 464 g/mol. The molecule has 4 rings (SSSR count). The van der Waals surface area contributed by atoms with Crippen LogP contribution in [0.1, 0.15) is 28.4 Å². The summed E-state index contributed by atoms with van der Waals surface area (Å²) in [5.74, 6) is 0.442. The minimum Gasteiger partial charge on any atom is -0.494 e. The molecule has 34 heavy (non-hydrogen) atoms. The second-order valence-corrected chi connectivity index (χ2v) is 7.73. The Morgan fingerprint density at radius 1 is 0.971 bits per heavy atom. The first kappa shape index (κ1) is 23.3. The van der Waals surface area contributed by atoms with Crippen molar-refractivity contribution in [3.63, 3.8) is 0 Å². The first-order chi connectivity index (χ1) is 16.3. The number of carbonyl (C=O) groups is 1. The third-order valence-electron chi connectivity index (χ3n) is 5.38. The Kier molecular flexibility index (Phi) is 6.82. The van der Waals surface area contributed by atoms with Gasteiger partial charge < -0.3 is 10.1 Å². The fourth-order valence-electron chi connectivity index (χ4n) is 3.72. The van der Waals surface area contributed by atoms with Crippen molar-refractivity contribution >= 4 is 16.8 Å². The number of amides is 1. The van der Waals surface area contributed by atoms with Crippen molar-refractivity contribution in [1.29, 1.82) is 0 Å². The van der Waals surface area contributed by atoms with Gasteiger partial charge >= 0.3 is 6.18 Å². The second kappa shape index (κ2) is 9.95. The minimum absolute atomic E-state index is 0.204. The molecule has 1 aromatic heterocycles. The van der Waals surface area contributed by atoms with Crippen molar-refractivity contribution in [1.82, 2.24) is 10.3 Å². The first-order valence-electron chi connectivity index (χ1n) is 10.9. The van der Waals surface area contributed by atoms with Crippen molar-refractivity contribution in [2.45, 2.75) is 19.5 Å². The van der Waals surface area contributed by atoms with Gasteiger partial charge in [0.2, 0.25) is 0 Å². The molecule has 0 saturated heterocycles. The van der Waals surface area contributed by atoms with Crippen LogP contribution < -0.4 is 10.1 Å². The van der Waals surface area contributed by atoms with Crippen LogP contribution in [-0.2, 0) is 12.6 Å². The molecular formula is C27H23F3N2O2. The lowest BCUT2D eigenvalue weighted by molar-refractivity contribution is -0.137. The van der Waals surface area contributed by atoms with E-state index in [0.717, 1.165) is 23.4 Å². The van der Waals surface area contributed by atoms with E-state index in [1.807, 2.05) is 55.5 Å². The summed E-state index contributed by atoms with van der Waals surface area (Å²) in [7, 11) is 0. The van der Waals surface area contributed by atoms with Crippen molar-refractivity contribution in [2.75, 3.05) is 13.2 Å². The number of hydrogen-bond donors (Lipinski definition) is 1. The molecule has 0 saturated carbocycles. The van der Waals surface area contributed by atoms with Crippen LogP contribution >= 0.6 is 0 Å². The van der Waals surface area contributed by atoms with Crippen LogP contribution in [0.15, 0.2) is 78.9 Å². The van der Waals surface area contributed by atoms with E-state index in [2.05, 4.69) is 5.32 Å². The number of rotatable bonds is 7. The fourth-order valence-corrected chi connectivity index (χ4v) is 3.72. The molecule has 174 valence electrons. The maximum absolute atomic E-state index is 13.1. The Morgan fingerprint density at radius 2 is 1.74 bits per heavy atom. The smallest absolute Gasteiger partial charge is 0.416 e. The number of nitrogens with zero attached hydrogens (tertiary/aromatic N) is 1. The van der Waals surface area contributed by atoms with Gasteiger partial charge in [-0.2, -0.15) is 13.2 Å². The van der Waals surface area contributed by atoms with E-state index in [1.165, 1.54) is 6.07 Å². The maximum Gasteiger partial charge on any atom is 0.416 e. The molecule has 0 spiro atoms. The summed E-state index contributed by atoms with van der Waals surface area (Å²) in [5.41, 5.74) is 2.42. The number of hydrogen-bond acceptors (Lipinski definition) is 3. The molecule has 1 N–H and O–H groups in total. The molecule has 0 fully saturated rings. The van der Waals surface area contributed by atoms with Crippen LogP contribution in [0.3, 0.4) is 0 Å². The Bertz CT molecular complexity index is 1300. The van der Waals surface area contributed by atoms with Crippen LogP contribution in [0.5, 0.6) is 5.75 Å². The minimum atomic E-state index is -4.40. The third-order valence-corrected chi connectivity index (χ3v) is 5.38. The summed E-state index contributed by atoms with van der Waals surface area (Å²) < 4.78 is 44.3. The van der Waals surface area contributed by atoms with Crippen LogP contribution in [0.2, 0.25) is 0 Å². The lowest BCUT2D eigenvalue weighted by atomic mass is 10.0. The zero-order valence-corrected chi connectivity index (χ0v) is 18.5. The number of halogens is 3. The number of nitrogens with one attached hydrogen (secondary N) is 1. The number of ether oxygens (including phenoxy) is 1. The molecule has 0 bridgehead atoms. The SMILES string of the molecule is CCOc1ccc(-c2cc(C(=O)NCCc3cccc(C(F)(F)F)c3)c3ccccc3n2)cc1. The molecule has 4 nitrogen and oxygen atoms in total. The number of carbonyl (C=O) groups excluding carboxylic acids is 1. The number of benzene rings is 3. The van der Waals surface area contributed by atoms with E-state index in [1.54, 1.807) is 12.1 Å². The quantitative estimate of drug-likeness (QED) is 0.350. The molecule has 0 unspecified atom stereocenters. The molecule has 0 atom stereocenters. The third kappa shape index (κ3) is 5.36. The van der Waals surface area contributed by atoms with E-state index in [-0.39, 0.29) is 18.9 Å². The molecule has 4 aromatic rings. The van der Waals surface area contributed by atoms with Gasteiger partial charge in [-0.05, 0) is 61.4 Å². The van der Waals surface area contributed by atoms with E-state index in [4.69, 9.17) is 9.72 Å². The molecule has 1 heterocycles. The van der Waals surface area contributed by atoms with Crippen LogP contribution in [0.25, 0.3) is 22.2 Å². The van der Waals surface area contributed by atoms with E-state index in [0.29, 0.717) is 34.3 Å². The molecule has 0 aliphatic rings. The summed E-state index contributed by atoms with van der Waals surface area (Å²) in [4.78, 5) is 17.8. The summed E-state index contributed by atoms with van der Waals surface area (Å²) >= 11 is 0. The highest BCUT2D eigenvalue weighted by Gasteiger charge is 2.30. The van der Waals surface area contributed by atoms with Gasteiger partial charge in [0.1, 0.15) is 5.75 Å². The molecule has 0 aliphatic heterocycles. The van der Waals surface area contributed by atoms with Crippen LogP contribution in [0.4, 0.5) is 13.2 Å². The lowest BCUT2D eigenvalue weighted by Gasteiger charge is -2.12. The second-order valence-electron chi connectivity index (χ2n) is 7.73. The fraction of sp³-hybridized carbons (Fsp3) is 0.185. The van der Waals surface area contributed by atoms with E-state index in [9.17, 15) is 18.0 Å². The predicted octanol–water partition coefficient (Wildman–Crippen LogP) is 6.29. The van der Waals surface area contributed by atoms with Crippen molar-refractivity contribution in [2.24, 2.45) is 0 Å². The van der Waals surface area contributed by atoms with Gasteiger partial charge in [-0.3, -0.25) is 4.79 Å². The van der Waals surface area contributed by atoms with Crippen molar-refractivity contribution < 1.29 is 22.7 Å². The standard InChI is InChI=1S/C27H23F3N2O2/c1-2-34-21-12-10-19(11-13-21)25-17-23(22-8-3-4-9-24(22)32-25)26(33)31-15-14-18-6-5-7-20(16-18)27(28,29)30/h3-13,16-17H,2,14-15H2,1H3,(H,31,33). The summed E-state index contributed by atoms with van der Waals surface area (Å²) in [6, 6.07) is 21.7. The molecular weight excluding hydrogens is 441 g/mol. The first-order valence-corrected chi connectivity index (χ1v) is 10.9. The largest absolute Gasteiger partial charge is 0.494 e. The summed E-state index contributed by atoms with van der Waals surface area (Å²) in [6.45, 7) is 2.68. The lowest BCUT2D eigenvalue weighted by Crippen LogP contribution is -2.26. The zero-order valence-electron chi connectivity index (χ0n) is 18.5. The predicted molar refractivity (Wildman–Crippen MR) is 126 cm³/mol. The Balaban J connectivity index is 1.55. The van der Waals surface area contributed by atoms with Gasteiger partial charge in [-0.15, -0.1) is 0 Å². The average molecular weight is 464 g/mol.